The topological polar surface area (TPSA) is 70.1 Å². The van der Waals surface area contributed by atoms with Gasteiger partial charge in [0.1, 0.15) is 17.5 Å². The minimum absolute atomic E-state index is 0.0638. The molecule has 0 fully saturated rings. The van der Waals surface area contributed by atoms with Crippen molar-refractivity contribution in [1.29, 1.82) is 0 Å². The summed E-state index contributed by atoms with van der Waals surface area (Å²) in [6.07, 6.45) is 0.814. The lowest BCUT2D eigenvalue weighted by Crippen LogP contribution is -2.39. The van der Waals surface area contributed by atoms with Crippen LogP contribution in [0.2, 0.25) is 0 Å². The van der Waals surface area contributed by atoms with Crippen LogP contribution in [0, 0.1) is 6.92 Å². The number of aliphatic hydroxyl groups excluding tert-OH is 1. The van der Waals surface area contributed by atoms with E-state index in [0.29, 0.717) is 0 Å². The number of rotatable bonds is 6. The first-order valence-corrected chi connectivity index (χ1v) is 7.69. The number of hydrogen-bond donors (Lipinski definition) is 3. The number of aliphatic hydroxyl groups is 1. The molecular weight excluding hydrogens is 264 g/mol. The van der Waals surface area contributed by atoms with Crippen LogP contribution in [0.1, 0.15) is 59.4 Å². The van der Waals surface area contributed by atoms with Gasteiger partial charge in [0.05, 0.1) is 12.1 Å². The summed E-state index contributed by atoms with van der Waals surface area (Å²) in [5.74, 6) is 2.45. The van der Waals surface area contributed by atoms with Crippen LogP contribution in [0.4, 0.5) is 11.6 Å². The maximum Gasteiger partial charge on any atom is 0.138 e. The van der Waals surface area contributed by atoms with Gasteiger partial charge in [-0.2, -0.15) is 0 Å². The lowest BCUT2D eigenvalue weighted by Gasteiger charge is -2.30. The van der Waals surface area contributed by atoms with Crippen LogP contribution in [0.25, 0.3) is 0 Å². The molecule has 1 unspecified atom stereocenters. The number of anilines is 2. The van der Waals surface area contributed by atoms with E-state index in [1.807, 2.05) is 13.8 Å². The third kappa shape index (κ3) is 4.30. The fourth-order valence-corrected chi connectivity index (χ4v) is 1.84. The maximum atomic E-state index is 9.62. The normalized spacial score (nSPS) is 14.7. The van der Waals surface area contributed by atoms with Crippen molar-refractivity contribution in [1.82, 2.24) is 9.97 Å². The lowest BCUT2D eigenvalue weighted by molar-refractivity contribution is 0.218. The Kier molecular flexibility index (Phi) is 5.56. The smallest absolute Gasteiger partial charge is 0.138 e. The molecule has 1 aromatic heterocycles. The van der Waals surface area contributed by atoms with Crippen LogP contribution in [0.5, 0.6) is 0 Å². The molecule has 0 amide bonds. The molecule has 1 aromatic rings. The molecule has 120 valence electrons. The molecule has 0 saturated carbocycles. The van der Waals surface area contributed by atoms with E-state index < -0.39 is 0 Å². The van der Waals surface area contributed by atoms with Gasteiger partial charge in [0.15, 0.2) is 0 Å². The molecule has 1 heterocycles. The lowest BCUT2D eigenvalue weighted by atomic mass is 9.95. The Balaban J connectivity index is 3.32. The van der Waals surface area contributed by atoms with Crippen molar-refractivity contribution >= 4 is 11.6 Å². The Morgan fingerprint density at radius 3 is 2.05 bits per heavy atom. The van der Waals surface area contributed by atoms with Gasteiger partial charge in [-0.1, -0.05) is 27.7 Å². The largest absolute Gasteiger partial charge is 0.394 e. The zero-order valence-corrected chi connectivity index (χ0v) is 14.5. The van der Waals surface area contributed by atoms with E-state index in [4.69, 9.17) is 4.98 Å². The fourth-order valence-electron chi connectivity index (χ4n) is 1.84. The third-order valence-electron chi connectivity index (χ3n) is 3.71. The Morgan fingerprint density at radius 2 is 1.62 bits per heavy atom. The second-order valence-corrected chi connectivity index (χ2v) is 6.85. The molecule has 5 heteroatoms. The summed E-state index contributed by atoms with van der Waals surface area (Å²) in [6.45, 7) is 15.3. The van der Waals surface area contributed by atoms with Gasteiger partial charge in [0.25, 0.3) is 0 Å². The molecule has 0 radical (unpaired) electrons. The van der Waals surface area contributed by atoms with Crippen LogP contribution >= 0.6 is 0 Å². The van der Waals surface area contributed by atoms with Gasteiger partial charge < -0.3 is 15.7 Å². The summed E-state index contributed by atoms with van der Waals surface area (Å²) in [5.41, 5.74) is 0.478. The maximum absolute atomic E-state index is 9.62. The molecule has 5 nitrogen and oxygen atoms in total. The van der Waals surface area contributed by atoms with Crippen molar-refractivity contribution < 1.29 is 5.11 Å². The Labute approximate surface area is 128 Å². The Bertz CT molecular complexity index is 476. The highest BCUT2D eigenvalue weighted by Gasteiger charge is 2.26. The first-order valence-electron chi connectivity index (χ1n) is 7.69. The van der Waals surface area contributed by atoms with Crippen molar-refractivity contribution in [2.75, 3.05) is 23.8 Å². The van der Waals surface area contributed by atoms with Crippen molar-refractivity contribution in [2.45, 2.75) is 65.8 Å². The molecule has 0 aromatic carbocycles. The molecule has 0 bridgehead atoms. The monoisotopic (exact) mass is 294 g/mol. The molecule has 0 spiro atoms. The molecule has 21 heavy (non-hydrogen) atoms. The number of nitrogens with one attached hydrogen (secondary N) is 2. The summed E-state index contributed by atoms with van der Waals surface area (Å²) in [7, 11) is 0. The standard InChI is InChI=1S/C16H30N4O/c1-8-16(7,10-21)20-13-11(3)12(17-9-2)18-14(19-13)15(4,5)6/h21H,8-10H2,1-7H3,(H2,17,18,19,20). The van der Waals surface area contributed by atoms with Gasteiger partial charge in [0, 0.05) is 17.5 Å². The summed E-state index contributed by atoms with van der Waals surface area (Å²) in [5, 5.41) is 16.3. The molecule has 0 aliphatic rings. The van der Waals surface area contributed by atoms with E-state index in [1.54, 1.807) is 0 Å². The highest BCUT2D eigenvalue weighted by atomic mass is 16.3. The van der Waals surface area contributed by atoms with Crippen LogP contribution in [0.15, 0.2) is 0 Å². The zero-order valence-electron chi connectivity index (χ0n) is 14.5. The highest BCUT2D eigenvalue weighted by molar-refractivity contribution is 5.58. The van der Waals surface area contributed by atoms with Gasteiger partial charge in [-0.15, -0.1) is 0 Å². The molecule has 1 rings (SSSR count). The Morgan fingerprint density at radius 1 is 1.05 bits per heavy atom. The second-order valence-electron chi connectivity index (χ2n) is 6.85. The molecule has 0 aliphatic carbocycles. The van der Waals surface area contributed by atoms with Crippen molar-refractivity contribution in [3.05, 3.63) is 11.4 Å². The highest BCUT2D eigenvalue weighted by Crippen LogP contribution is 2.28. The molecule has 0 aliphatic heterocycles. The number of nitrogens with zero attached hydrogens (tertiary/aromatic N) is 2. The fraction of sp³-hybridized carbons (Fsp3) is 0.750. The van der Waals surface area contributed by atoms with E-state index in [0.717, 1.165) is 36.0 Å². The van der Waals surface area contributed by atoms with Gasteiger partial charge in [0.2, 0.25) is 0 Å². The van der Waals surface area contributed by atoms with Crippen molar-refractivity contribution in [3.8, 4) is 0 Å². The summed E-state index contributed by atoms with van der Waals surface area (Å²) < 4.78 is 0. The third-order valence-corrected chi connectivity index (χ3v) is 3.71. The minimum Gasteiger partial charge on any atom is -0.394 e. The predicted molar refractivity (Wildman–Crippen MR) is 89.0 cm³/mol. The van der Waals surface area contributed by atoms with E-state index in [2.05, 4.69) is 50.2 Å². The zero-order chi connectivity index (χ0) is 16.3. The second kappa shape index (κ2) is 6.60. The molecule has 0 saturated heterocycles. The van der Waals surface area contributed by atoms with E-state index in [-0.39, 0.29) is 17.6 Å². The van der Waals surface area contributed by atoms with Crippen molar-refractivity contribution in [3.63, 3.8) is 0 Å². The summed E-state index contributed by atoms with van der Waals surface area (Å²) >= 11 is 0. The summed E-state index contributed by atoms with van der Waals surface area (Å²) in [6, 6.07) is 0. The van der Waals surface area contributed by atoms with Crippen LogP contribution in [0.3, 0.4) is 0 Å². The molecular formula is C16H30N4O. The molecule has 1 atom stereocenters. The minimum atomic E-state index is -0.377. The van der Waals surface area contributed by atoms with E-state index in [1.165, 1.54) is 0 Å². The summed E-state index contributed by atoms with van der Waals surface area (Å²) in [4.78, 5) is 9.34. The van der Waals surface area contributed by atoms with Gasteiger partial charge in [-0.25, -0.2) is 9.97 Å². The average Bonchev–Trinajstić information content (AvgIpc) is 2.42. The van der Waals surface area contributed by atoms with Gasteiger partial charge in [-0.3, -0.25) is 0 Å². The Hall–Kier alpha value is -1.36. The van der Waals surface area contributed by atoms with Crippen LogP contribution in [-0.4, -0.2) is 33.8 Å². The predicted octanol–water partition coefficient (Wildman–Crippen LogP) is 3.09. The quantitative estimate of drug-likeness (QED) is 0.752. The van der Waals surface area contributed by atoms with Crippen LogP contribution in [-0.2, 0) is 5.41 Å². The van der Waals surface area contributed by atoms with Crippen LogP contribution < -0.4 is 10.6 Å². The molecule has 3 N–H and O–H groups in total. The van der Waals surface area contributed by atoms with Gasteiger partial charge in [-0.05, 0) is 27.2 Å². The van der Waals surface area contributed by atoms with E-state index in [9.17, 15) is 5.11 Å². The first kappa shape index (κ1) is 17.7. The SMILES string of the molecule is CCNc1nc(C(C)(C)C)nc(NC(C)(CC)CO)c1C. The number of hydrogen-bond acceptors (Lipinski definition) is 5. The first-order chi connectivity index (χ1) is 9.66. The number of aromatic nitrogens is 2. The van der Waals surface area contributed by atoms with Crippen molar-refractivity contribution in [2.24, 2.45) is 0 Å². The van der Waals surface area contributed by atoms with E-state index >= 15 is 0 Å². The van der Waals surface area contributed by atoms with Gasteiger partial charge >= 0.3 is 0 Å². The average molecular weight is 294 g/mol.